The average molecular weight is 340 g/mol. The van der Waals surface area contributed by atoms with E-state index in [0.717, 1.165) is 19.5 Å². The van der Waals surface area contributed by atoms with Crippen LogP contribution in [0.3, 0.4) is 0 Å². The molecule has 0 aliphatic heterocycles. The van der Waals surface area contributed by atoms with Gasteiger partial charge in [0.1, 0.15) is 0 Å². The van der Waals surface area contributed by atoms with Gasteiger partial charge >= 0.3 is 6.03 Å². The molecule has 0 saturated heterocycles. The highest BCUT2D eigenvalue weighted by molar-refractivity contribution is 5.74. The van der Waals surface area contributed by atoms with Gasteiger partial charge in [0.25, 0.3) is 0 Å². The van der Waals surface area contributed by atoms with Crippen molar-refractivity contribution in [2.75, 3.05) is 6.54 Å². The molecule has 2 amide bonds. The van der Waals surface area contributed by atoms with Crippen LogP contribution in [-0.4, -0.2) is 33.3 Å². The van der Waals surface area contributed by atoms with Gasteiger partial charge in [-0.3, -0.25) is 4.68 Å². The molecule has 1 atom stereocenters. The van der Waals surface area contributed by atoms with E-state index in [4.69, 9.17) is 0 Å². The van der Waals surface area contributed by atoms with Crippen LogP contribution in [0.2, 0.25) is 0 Å². The molecule has 1 aliphatic carbocycles. The van der Waals surface area contributed by atoms with Crippen LogP contribution in [0, 0.1) is 5.92 Å². The van der Waals surface area contributed by atoms with Gasteiger partial charge in [0, 0.05) is 38.1 Å². The molecule has 1 aromatic carbocycles. The Morgan fingerprint density at radius 3 is 2.76 bits per heavy atom. The Hall–Kier alpha value is -2.30. The summed E-state index contributed by atoms with van der Waals surface area (Å²) in [5, 5.41) is 7.37. The number of hydrogen-bond acceptors (Lipinski definition) is 2. The van der Waals surface area contributed by atoms with E-state index < -0.39 is 0 Å². The van der Waals surface area contributed by atoms with E-state index in [2.05, 4.69) is 29.5 Å². The first-order valence-electron chi connectivity index (χ1n) is 9.27. The highest BCUT2D eigenvalue weighted by Gasteiger charge is 2.24. The van der Waals surface area contributed by atoms with Gasteiger partial charge in [0.15, 0.2) is 0 Å². The van der Waals surface area contributed by atoms with E-state index >= 15 is 0 Å². The van der Waals surface area contributed by atoms with Crippen molar-refractivity contribution in [3.63, 3.8) is 0 Å². The van der Waals surface area contributed by atoms with Crippen LogP contribution in [0.4, 0.5) is 4.79 Å². The molecule has 2 aromatic rings. The van der Waals surface area contributed by atoms with Gasteiger partial charge in [0.2, 0.25) is 0 Å². The highest BCUT2D eigenvalue weighted by atomic mass is 16.2. The summed E-state index contributed by atoms with van der Waals surface area (Å²) in [6.45, 7) is 4.41. The normalized spacial score (nSPS) is 15.4. The second-order valence-electron chi connectivity index (χ2n) is 7.07. The molecule has 5 nitrogen and oxygen atoms in total. The number of urea groups is 1. The lowest BCUT2D eigenvalue weighted by molar-refractivity contribution is 0.161. The fraction of sp³-hybridized carbons (Fsp3) is 0.500. The molecule has 1 fully saturated rings. The monoisotopic (exact) mass is 340 g/mol. The third-order valence-corrected chi connectivity index (χ3v) is 4.93. The number of benzene rings is 1. The first-order chi connectivity index (χ1) is 12.2. The Kier molecular flexibility index (Phi) is 6.09. The molecule has 1 N–H and O–H groups in total. The van der Waals surface area contributed by atoms with Crippen LogP contribution < -0.4 is 5.32 Å². The largest absolute Gasteiger partial charge is 0.335 e. The number of rotatable bonds is 8. The molecule has 134 valence electrons. The van der Waals surface area contributed by atoms with Crippen LogP contribution in [0.1, 0.15) is 38.2 Å². The summed E-state index contributed by atoms with van der Waals surface area (Å²) < 4.78 is 1.90. The summed E-state index contributed by atoms with van der Waals surface area (Å²) in [6.07, 6.45) is 8.39. The Labute approximate surface area is 150 Å². The van der Waals surface area contributed by atoms with E-state index in [1.807, 2.05) is 40.0 Å². The van der Waals surface area contributed by atoms with Crippen LogP contribution in [0.15, 0.2) is 48.8 Å². The molecule has 0 radical (unpaired) electrons. The zero-order chi connectivity index (χ0) is 17.5. The average Bonchev–Trinajstić information content (AvgIpc) is 3.09. The Balaban J connectivity index is 1.53. The summed E-state index contributed by atoms with van der Waals surface area (Å²) in [4.78, 5) is 14.8. The van der Waals surface area contributed by atoms with E-state index in [9.17, 15) is 4.79 Å². The standard InChI is InChI=1S/C20H28N4O/c1-17(11-14-24-13-6-12-21-24)22-20(25)23(16-19-9-5-10-19)15-18-7-3-2-4-8-18/h2-4,6-8,12-13,17,19H,5,9-11,14-16H2,1H3,(H,22,25)/t17-/m0/s1. The van der Waals surface area contributed by atoms with Gasteiger partial charge in [0.05, 0.1) is 0 Å². The number of amides is 2. The minimum absolute atomic E-state index is 0.0451. The molecule has 1 aromatic heterocycles. The predicted molar refractivity (Wildman–Crippen MR) is 99.0 cm³/mol. The minimum atomic E-state index is 0.0451. The molecule has 1 heterocycles. The molecule has 0 spiro atoms. The van der Waals surface area contributed by atoms with Crippen molar-refractivity contribution < 1.29 is 4.79 Å². The van der Waals surface area contributed by atoms with Crippen molar-refractivity contribution in [2.45, 2.75) is 51.7 Å². The van der Waals surface area contributed by atoms with E-state index in [1.54, 1.807) is 6.20 Å². The summed E-state index contributed by atoms with van der Waals surface area (Å²) in [6, 6.07) is 12.3. The summed E-state index contributed by atoms with van der Waals surface area (Å²) >= 11 is 0. The zero-order valence-corrected chi connectivity index (χ0v) is 15.0. The Morgan fingerprint density at radius 2 is 2.12 bits per heavy atom. The zero-order valence-electron chi connectivity index (χ0n) is 15.0. The van der Waals surface area contributed by atoms with Crippen molar-refractivity contribution in [3.8, 4) is 0 Å². The van der Waals surface area contributed by atoms with E-state index in [0.29, 0.717) is 12.5 Å². The number of nitrogens with one attached hydrogen (secondary N) is 1. The fourth-order valence-electron chi connectivity index (χ4n) is 3.14. The Bertz CT molecular complexity index is 637. The summed E-state index contributed by atoms with van der Waals surface area (Å²) in [5.41, 5.74) is 1.18. The lowest BCUT2D eigenvalue weighted by atomic mass is 9.85. The molecule has 0 bridgehead atoms. The molecular weight excluding hydrogens is 312 g/mol. The van der Waals surface area contributed by atoms with Gasteiger partial charge < -0.3 is 10.2 Å². The third kappa shape index (κ3) is 5.34. The number of carbonyl (C=O) groups excluding carboxylic acids is 1. The molecule has 1 saturated carbocycles. The maximum atomic E-state index is 12.8. The first-order valence-corrected chi connectivity index (χ1v) is 9.27. The first kappa shape index (κ1) is 17.5. The van der Waals surface area contributed by atoms with E-state index in [-0.39, 0.29) is 12.1 Å². The predicted octanol–water partition coefficient (Wildman–Crippen LogP) is 3.67. The van der Waals surface area contributed by atoms with Crippen LogP contribution in [0.5, 0.6) is 0 Å². The van der Waals surface area contributed by atoms with E-state index in [1.165, 1.54) is 24.8 Å². The smallest absolute Gasteiger partial charge is 0.317 e. The van der Waals surface area contributed by atoms with Crippen LogP contribution in [0.25, 0.3) is 0 Å². The van der Waals surface area contributed by atoms with Crippen molar-refractivity contribution >= 4 is 6.03 Å². The van der Waals surface area contributed by atoms with Crippen LogP contribution in [-0.2, 0) is 13.1 Å². The van der Waals surface area contributed by atoms with Crippen molar-refractivity contribution in [3.05, 3.63) is 54.4 Å². The second-order valence-corrected chi connectivity index (χ2v) is 7.07. The molecule has 1 aliphatic rings. The molecule has 25 heavy (non-hydrogen) atoms. The molecular formula is C20H28N4O. The minimum Gasteiger partial charge on any atom is -0.335 e. The van der Waals surface area contributed by atoms with Crippen molar-refractivity contribution in [1.29, 1.82) is 0 Å². The molecule has 0 unspecified atom stereocenters. The summed E-state index contributed by atoms with van der Waals surface area (Å²) in [5.74, 6) is 0.661. The fourth-order valence-corrected chi connectivity index (χ4v) is 3.14. The summed E-state index contributed by atoms with van der Waals surface area (Å²) in [7, 11) is 0. The van der Waals surface area contributed by atoms with Gasteiger partial charge in [-0.05, 0) is 43.7 Å². The number of hydrogen-bond donors (Lipinski definition) is 1. The number of nitrogens with zero attached hydrogens (tertiary/aromatic N) is 3. The van der Waals surface area contributed by atoms with Gasteiger partial charge in [-0.1, -0.05) is 36.8 Å². The molecule has 3 rings (SSSR count). The molecule has 5 heteroatoms. The van der Waals surface area contributed by atoms with Gasteiger partial charge in [-0.15, -0.1) is 0 Å². The lowest BCUT2D eigenvalue weighted by Crippen LogP contribution is -2.46. The highest BCUT2D eigenvalue weighted by Crippen LogP contribution is 2.27. The number of carbonyl (C=O) groups is 1. The number of aryl methyl sites for hydroxylation is 1. The SMILES string of the molecule is C[C@@H](CCn1cccn1)NC(=O)N(Cc1ccccc1)CC1CCC1. The van der Waals surface area contributed by atoms with Crippen molar-refractivity contribution in [2.24, 2.45) is 5.92 Å². The van der Waals surface area contributed by atoms with Crippen molar-refractivity contribution in [1.82, 2.24) is 20.0 Å². The third-order valence-electron chi connectivity index (χ3n) is 4.93. The van der Waals surface area contributed by atoms with Crippen LogP contribution >= 0.6 is 0 Å². The van der Waals surface area contributed by atoms with Gasteiger partial charge in [-0.25, -0.2) is 4.79 Å². The number of aromatic nitrogens is 2. The lowest BCUT2D eigenvalue weighted by Gasteiger charge is -2.33. The van der Waals surface area contributed by atoms with Gasteiger partial charge in [-0.2, -0.15) is 5.10 Å². The maximum absolute atomic E-state index is 12.8. The topological polar surface area (TPSA) is 50.2 Å². The maximum Gasteiger partial charge on any atom is 0.317 e. The second kappa shape index (κ2) is 8.70. The Morgan fingerprint density at radius 1 is 1.32 bits per heavy atom. The quantitative estimate of drug-likeness (QED) is 0.797.